The van der Waals surface area contributed by atoms with E-state index < -0.39 is 12.1 Å². The highest BCUT2D eigenvalue weighted by Crippen LogP contribution is 2.37. The number of carbonyl (C=O) groups is 1. The third-order valence-corrected chi connectivity index (χ3v) is 3.22. The van der Waals surface area contributed by atoms with Crippen molar-refractivity contribution in [2.24, 2.45) is 4.99 Å². The van der Waals surface area contributed by atoms with Crippen molar-refractivity contribution in [1.29, 1.82) is 5.41 Å². The summed E-state index contributed by atoms with van der Waals surface area (Å²) in [5.41, 5.74) is 1.91. The van der Waals surface area contributed by atoms with Crippen molar-refractivity contribution in [3.63, 3.8) is 0 Å². The summed E-state index contributed by atoms with van der Waals surface area (Å²) >= 11 is 0. The van der Waals surface area contributed by atoms with Crippen molar-refractivity contribution in [2.75, 3.05) is 0 Å². The molecule has 1 aliphatic heterocycles. The number of rotatable bonds is 3. The highest BCUT2D eigenvalue weighted by atomic mass is 16.5. The Morgan fingerprint density at radius 1 is 1.24 bits per heavy atom. The van der Waals surface area contributed by atoms with Gasteiger partial charge in [-0.05, 0) is 23.8 Å². The van der Waals surface area contributed by atoms with Crippen LogP contribution in [0.5, 0.6) is 5.75 Å². The summed E-state index contributed by atoms with van der Waals surface area (Å²) in [5.74, 6) is -0.506. The van der Waals surface area contributed by atoms with E-state index >= 15 is 0 Å². The average Bonchev–Trinajstić information content (AvgIpc) is 2.53. The fourth-order valence-electron chi connectivity index (χ4n) is 2.20. The van der Waals surface area contributed by atoms with Gasteiger partial charge in [-0.25, -0.2) is 9.79 Å². The molecule has 2 aromatic rings. The molecule has 1 atom stereocenters. The van der Waals surface area contributed by atoms with Gasteiger partial charge in [0.2, 0.25) is 0 Å². The number of hydrogen-bond donors (Lipinski definition) is 2. The molecule has 5 nitrogen and oxygen atoms in total. The molecule has 0 bridgehead atoms. The van der Waals surface area contributed by atoms with Crippen molar-refractivity contribution in [3.05, 3.63) is 59.7 Å². The Labute approximate surface area is 121 Å². The zero-order chi connectivity index (χ0) is 14.8. The molecule has 0 fully saturated rings. The first-order valence-electron chi connectivity index (χ1n) is 6.37. The lowest BCUT2D eigenvalue weighted by Crippen LogP contribution is -2.22. The number of aromatic carboxylic acids is 1. The van der Waals surface area contributed by atoms with Crippen LogP contribution in [-0.4, -0.2) is 23.0 Å². The maximum atomic E-state index is 11.0. The van der Waals surface area contributed by atoms with Gasteiger partial charge in [0.05, 0.1) is 5.56 Å². The van der Waals surface area contributed by atoms with Crippen LogP contribution in [0.2, 0.25) is 0 Å². The van der Waals surface area contributed by atoms with E-state index in [1.54, 1.807) is 6.07 Å². The lowest BCUT2D eigenvalue weighted by Gasteiger charge is -2.24. The second-order valence-corrected chi connectivity index (χ2v) is 4.58. The van der Waals surface area contributed by atoms with Crippen molar-refractivity contribution in [3.8, 4) is 5.75 Å². The van der Waals surface area contributed by atoms with Crippen LogP contribution < -0.4 is 4.74 Å². The van der Waals surface area contributed by atoms with Gasteiger partial charge < -0.3 is 15.3 Å². The molecule has 1 aliphatic rings. The van der Waals surface area contributed by atoms with Crippen LogP contribution in [0.15, 0.2) is 53.5 Å². The van der Waals surface area contributed by atoms with Crippen LogP contribution in [0, 0.1) is 5.41 Å². The molecular weight excluding hydrogens is 268 g/mol. The molecule has 0 aliphatic carbocycles. The van der Waals surface area contributed by atoms with Crippen LogP contribution >= 0.6 is 0 Å². The van der Waals surface area contributed by atoms with E-state index in [1.807, 2.05) is 30.3 Å². The summed E-state index contributed by atoms with van der Waals surface area (Å²) in [6, 6.07) is 14.0. The topological polar surface area (TPSA) is 82.7 Å². The number of fused-ring (bicyclic) bond motifs is 1. The van der Waals surface area contributed by atoms with Gasteiger partial charge in [0.25, 0.3) is 0 Å². The lowest BCUT2D eigenvalue weighted by molar-refractivity contribution is 0.0697. The van der Waals surface area contributed by atoms with Crippen molar-refractivity contribution in [1.82, 2.24) is 0 Å². The molecule has 0 spiro atoms. The molecule has 5 heteroatoms. The minimum absolute atomic E-state index is 0.142. The number of benzene rings is 2. The number of nitrogens with one attached hydrogen (secondary N) is 1. The molecule has 2 aromatic carbocycles. The summed E-state index contributed by atoms with van der Waals surface area (Å²) < 4.78 is 5.88. The monoisotopic (exact) mass is 280 g/mol. The first kappa shape index (κ1) is 13.1. The molecule has 3 rings (SSSR count). The van der Waals surface area contributed by atoms with E-state index in [0.29, 0.717) is 17.1 Å². The normalized spacial score (nSPS) is 16.4. The summed E-state index contributed by atoms with van der Waals surface area (Å²) in [6.45, 7) is 0. The number of nitrogens with zero attached hydrogens (tertiary/aromatic N) is 1. The largest absolute Gasteiger partial charge is 0.478 e. The van der Waals surface area contributed by atoms with Crippen LogP contribution in [0.25, 0.3) is 0 Å². The van der Waals surface area contributed by atoms with Gasteiger partial charge in [0.1, 0.15) is 17.1 Å². The summed E-state index contributed by atoms with van der Waals surface area (Å²) in [6.07, 6.45) is 0.681. The Morgan fingerprint density at radius 2 is 2.00 bits per heavy atom. The Kier molecular flexibility index (Phi) is 3.23. The van der Waals surface area contributed by atoms with Crippen LogP contribution in [-0.2, 0) is 0 Å². The predicted molar refractivity (Wildman–Crippen MR) is 79.1 cm³/mol. The molecular formula is C16H12N2O3. The maximum Gasteiger partial charge on any atom is 0.335 e. The van der Waals surface area contributed by atoms with Gasteiger partial charge in [-0.15, -0.1) is 0 Å². The van der Waals surface area contributed by atoms with Gasteiger partial charge in [-0.3, -0.25) is 0 Å². The molecule has 0 amide bonds. The van der Waals surface area contributed by atoms with Gasteiger partial charge in [-0.2, -0.15) is 0 Å². The fraction of sp³-hybridized carbons (Fsp3) is 0.0625. The van der Waals surface area contributed by atoms with Gasteiger partial charge in [-0.1, -0.05) is 30.3 Å². The SMILES string of the molecule is N=CC1=Nc2cc(C(=O)O)ccc2OC1c1ccccc1. The quantitative estimate of drug-likeness (QED) is 0.846. The lowest BCUT2D eigenvalue weighted by atomic mass is 10.0. The Balaban J connectivity index is 2.05. The third-order valence-electron chi connectivity index (χ3n) is 3.22. The van der Waals surface area contributed by atoms with E-state index in [1.165, 1.54) is 12.1 Å². The van der Waals surface area contributed by atoms with E-state index in [0.717, 1.165) is 11.8 Å². The molecule has 0 saturated heterocycles. The van der Waals surface area contributed by atoms with E-state index in [9.17, 15) is 4.79 Å². The molecule has 1 unspecified atom stereocenters. The summed E-state index contributed by atoms with van der Waals surface area (Å²) in [5, 5.41) is 16.5. The van der Waals surface area contributed by atoms with Gasteiger partial charge >= 0.3 is 5.97 Å². The second kappa shape index (κ2) is 5.20. The number of hydrogen-bond acceptors (Lipinski definition) is 4. The maximum absolute atomic E-state index is 11.0. The number of aliphatic imine (C=N–C) groups is 1. The molecule has 0 radical (unpaired) electrons. The summed E-state index contributed by atoms with van der Waals surface area (Å²) in [4.78, 5) is 15.3. The smallest absolute Gasteiger partial charge is 0.335 e. The van der Waals surface area contributed by atoms with Gasteiger partial charge in [0, 0.05) is 6.21 Å². The fourth-order valence-corrected chi connectivity index (χ4v) is 2.20. The highest BCUT2D eigenvalue weighted by Gasteiger charge is 2.25. The van der Waals surface area contributed by atoms with E-state index in [4.69, 9.17) is 15.3 Å². The van der Waals surface area contributed by atoms with E-state index in [2.05, 4.69) is 4.99 Å². The first-order chi connectivity index (χ1) is 10.2. The Morgan fingerprint density at radius 3 is 2.67 bits per heavy atom. The van der Waals surface area contributed by atoms with Crippen LogP contribution in [0.1, 0.15) is 22.0 Å². The summed E-state index contributed by atoms with van der Waals surface area (Å²) in [7, 11) is 0. The standard InChI is InChI=1S/C16H12N2O3/c17-9-13-15(10-4-2-1-3-5-10)21-14-7-6-11(16(19)20)8-12(14)18-13/h1-9,15,17H,(H,19,20). The highest BCUT2D eigenvalue weighted by molar-refractivity contribution is 6.32. The average molecular weight is 280 g/mol. The zero-order valence-electron chi connectivity index (χ0n) is 11.0. The first-order valence-corrected chi connectivity index (χ1v) is 6.37. The van der Waals surface area contributed by atoms with Gasteiger partial charge in [0.15, 0.2) is 6.10 Å². The number of ether oxygens (including phenoxy) is 1. The zero-order valence-corrected chi connectivity index (χ0v) is 11.0. The molecule has 1 heterocycles. The molecule has 104 valence electrons. The third kappa shape index (κ3) is 2.41. The predicted octanol–water partition coefficient (Wildman–Crippen LogP) is 3.24. The van der Waals surface area contributed by atoms with E-state index in [-0.39, 0.29) is 5.56 Å². The Bertz CT molecular complexity index is 738. The second-order valence-electron chi connectivity index (χ2n) is 4.58. The molecule has 0 saturated carbocycles. The molecule has 21 heavy (non-hydrogen) atoms. The van der Waals surface area contributed by atoms with Crippen LogP contribution in [0.3, 0.4) is 0 Å². The number of carboxylic acids is 1. The molecule has 0 aromatic heterocycles. The van der Waals surface area contributed by atoms with Crippen molar-refractivity contribution < 1.29 is 14.6 Å². The van der Waals surface area contributed by atoms with Crippen molar-refractivity contribution in [2.45, 2.75) is 6.10 Å². The minimum Gasteiger partial charge on any atom is -0.478 e. The minimum atomic E-state index is -1.02. The van der Waals surface area contributed by atoms with Crippen LogP contribution in [0.4, 0.5) is 5.69 Å². The Hall–Kier alpha value is -2.95. The molecule has 2 N–H and O–H groups in total. The van der Waals surface area contributed by atoms with Crippen molar-refractivity contribution >= 4 is 23.6 Å². The number of carboxylic acid groups (broad SMARTS) is 1.